The van der Waals surface area contributed by atoms with Gasteiger partial charge in [0, 0.05) is 10.9 Å². The number of carbonyl (C=O) groups is 1. The van der Waals surface area contributed by atoms with Gasteiger partial charge in [0.25, 0.3) is 5.91 Å². The van der Waals surface area contributed by atoms with E-state index in [1.807, 2.05) is 20.8 Å². The standard InChI is InChI=1S/C16H19N5OS/c1-4-8(2)17-15(22)13-19-14-12-10-6-5-7-11(10)23-16(12)18-9(3)21(14)20-13/h8H,4-7H2,1-3H3,(H,17,22)/t8-/m1/s1. The van der Waals surface area contributed by atoms with E-state index in [-0.39, 0.29) is 17.8 Å². The molecule has 7 heteroatoms. The highest BCUT2D eigenvalue weighted by Gasteiger charge is 2.24. The van der Waals surface area contributed by atoms with Gasteiger partial charge in [0.2, 0.25) is 5.82 Å². The third-order valence-electron chi connectivity index (χ3n) is 4.50. The molecule has 0 unspecified atom stereocenters. The third-order valence-corrected chi connectivity index (χ3v) is 5.68. The first-order valence-corrected chi connectivity index (χ1v) is 8.88. The molecule has 4 rings (SSSR count). The quantitative estimate of drug-likeness (QED) is 0.802. The van der Waals surface area contributed by atoms with Crippen molar-refractivity contribution in [3.8, 4) is 0 Å². The van der Waals surface area contributed by atoms with Crippen molar-refractivity contribution in [2.24, 2.45) is 0 Å². The number of nitrogens with one attached hydrogen (secondary N) is 1. The molecule has 120 valence electrons. The number of rotatable bonds is 3. The van der Waals surface area contributed by atoms with Gasteiger partial charge in [-0.15, -0.1) is 16.4 Å². The average Bonchev–Trinajstić information content (AvgIpc) is 3.19. The molecule has 1 atom stereocenters. The van der Waals surface area contributed by atoms with Crippen molar-refractivity contribution in [1.82, 2.24) is 24.9 Å². The van der Waals surface area contributed by atoms with E-state index in [9.17, 15) is 4.79 Å². The smallest absolute Gasteiger partial charge is 0.291 e. The Kier molecular flexibility index (Phi) is 3.33. The van der Waals surface area contributed by atoms with Gasteiger partial charge >= 0.3 is 0 Å². The molecule has 23 heavy (non-hydrogen) atoms. The van der Waals surface area contributed by atoms with Crippen LogP contribution in [-0.2, 0) is 12.8 Å². The Morgan fingerprint density at radius 2 is 2.22 bits per heavy atom. The molecule has 0 saturated carbocycles. The summed E-state index contributed by atoms with van der Waals surface area (Å²) in [5, 5.41) is 8.40. The monoisotopic (exact) mass is 329 g/mol. The molecule has 0 aliphatic heterocycles. The van der Waals surface area contributed by atoms with Crippen LogP contribution in [0.4, 0.5) is 0 Å². The fourth-order valence-corrected chi connectivity index (χ4v) is 4.38. The predicted octanol–water partition coefficient (Wildman–Crippen LogP) is 2.66. The molecule has 3 heterocycles. The third kappa shape index (κ3) is 2.22. The maximum absolute atomic E-state index is 12.3. The van der Waals surface area contributed by atoms with Gasteiger partial charge in [-0.1, -0.05) is 6.92 Å². The zero-order valence-electron chi connectivity index (χ0n) is 13.5. The van der Waals surface area contributed by atoms with E-state index in [1.165, 1.54) is 16.9 Å². The van der Waals surface area contributed by atoms with Crippen molar-refractivity contribution in [3.05, 3.63) is 22.1 Å². The van der Waals surface area contributed by atoms with Crippen molar-refractivity contribution in [2.75, 3.05) is 0 Å². The molecule has 1 N–H and O–H groups in total. The highest BCUT2D eigenvalue weighted by molar-refractivity contribution is 7.19. The molecule has 0 saturated heterocycles. The molecule has 1 aliphatic rings. The van der Waals surface area contributed by atoms with Crippen LogP contribution in [0.25, 0.3) is 15.9 Å². The Morgan fingerprint density at radius 1 is 1.39 bits per heavy atom. The normalized spacial score (nSPS) is 15.3. The number of hydrogen-bond acceptors (Lipinski definition) is 5. The Labute approximate surface area is 137 Å². The van der Waals surface area contributed by atoms with Crippen LogP contribution in [0.15, 0.2) is 0 Å². The lowest BCUT2D eigenvalue weighted by atomic mass is 10.2. The molecular weight excluding hydrogens is 310 g/mol. The van der Waals surface area contributed by atoms with Gasteiger partial charge < -0.3 is 5.32 Å². The number of nitrogens with zero attached hydrogens (tertiary/aromatic N) is 4. The van der Waals surface area contributed by atoms with Crippen LogP contribution in [0.1, 0.15) is 53.6 Å². The molecule has 0 fully saturated rings. The maximum Gasteiger partial charge on any atom is 0.291 e. The first-order chi connectivity index (χ1) is 11.1. The van der Waals surface area contributed by atoms with Crippen LogP contribution in [0.3, 0.4) is 0 Å². The van der Waals surface area contributed by atoms with Gasteiger partial charge in [-0.05, 0) is 45.1 Å². The SMILES string of the molecule is CC[C@@H](C)NC(=O)c1nc2c3c4c(sc3nc(C)n2n1)CCC4. The Morgan fingerprint density at radius 3 is 3.00 bits per heavy atom. The summed E-state index contributed by atoms with van der Waals surface area (Å²) in [6.45, 7) is 5.92. The Bertz CT molecular complexity index is 926. The van der Waals surface area contributed by atoms with Crippen LogP contribution in [0.5, 0.6) is 0 Å². The van der Waals surface area contributed by atoms with Crippen molar-refractivity contribution in [3.63, 3.8) is 0 Å². The summed E-state index contributed by atoms with van der Waals surface area (Å²) in [7, 11) is 0. The van der Waals surface area contributed by atoms with Gasteiger partial charge in [-0.3, -0.25) is 4.79 Å². The second-order valence-corrected chi connectivity index (χ2v) is 7.23. The van der Waals surface area contributed by atoms with Gasteiger partial charge in [0.1, 0.15) is 10.7 Å². The van der Waals surface area contributed by atoms with E-state index in [1.54, 1.807) is 15.9 Å². The van der Waals surface area contributed by atoms with Gasteiger partial charge in [0.05, 0.1) is 5.39 Å². The lowest BCUT2D eigenvalue weighted by Crippen LogP contribution is -2.32. The highest BCUT2D eigenvalue weighted by Crippen LogP contribution is 2.38. The minimum Gasteiger partial charge on any atom is -0.347 e. The van der Waals surface area contributed by atoms with Crippen LogP contribution in [0, 0.1) is 6.92 Å². The van der Waals surface area contributed by atoms with Crippen molar-refractivity contribution >= 4 is 33.1 Å². The van der Waals surface area contributed by atoms with E-state index in [0.29, 0.717) is 0 Å². The zero-order chi connectivity index (χ0) is 16.1. The second-order valence-electron chi connectivity index (χ2n) is 6.15. The minimum atomic E-state index is -0.220. The van der Waals surface area contributed by atoms with Gasteiger partial charge in [0.15, 0.2) is 5.65 Å². The summed E-state index contributed by atoms with van der Waals surface area (Å²) in [4.78, 5) is 24.0. The largest absolute Gasteiger partial charge is 0.347 e. The summed E-state index contributed by atoms with van der Waals surface area (Å²) in [6.07, 6.45) is 4.25. The molecule has 6 nitrogen and oxygen atoms in total. The van der Waals surface area contributed by atoms with Crippen LogP contribution < -0.4 is 5.32 Å². The molecule has 0 aromatic carbocycles. The van der Waals surface area contributed by atoms with E-state index >= 15 is 0 Å². The summed E-state index contributed by atoms with van der Waals surface area (Å²) < 4.78 is 1.71. The van der Waals surface area contributed by atoms with Gasteiger partial charge in [-0.25, -0.2) is 9.97 Å². The predicted molar refractivity (Wildman–Crippen MR) is 90.1 cm³/mol. The summed E-state index contributed by atoms with van der Waals surface area (Å²) >= 11 is 1.75. The van der Waals surface area contributed by atoms with Crippen LogP contribution in [-0.4, -0.2) is 31.5 Å². The minimum absolute atomic E-state index is 0.110. The van der Waals surface area contributed by atoms with Crippen molar-refractivity contribution in [1.29, 1.82) is 0 Å². The Hall–Kier alpha value is -2.02. The second kappa shape index (κ2) is 5.26. The number of fused-ring (bicyclic) bond motifs is 5. The number of carbonyl (C=O) groups excluding carboxylic acids is 1. The number of aryl methyl sites for hydroxylation is 3. The van der Waals surface area contributed by atoms with E-state index in [2.05, 4.69) is 20.4 Å². The van der Waals surface area contributed by atoms with E-state index < -0.39 is 0 Å². The molecule has 0 spiro atoms. The Balaban J connectivity index is 1.89. The molecule has 3 aromatic heterocycles. The molecular formula is C16H19N5OS. The topological polar surface area (TPSA) is 72.2 Å². The molecule has 1 amide bonds. The summed E-state index contributed by atoms with van der Waals surface area (Å²) in [6, 6.07) is 0.110. The molecule has 0 radical (unpaired) electrons. The fraction of sp³-hybridized carbons (Fsp3) is 0.500. The zero-order valence-corrected chi connectivity index (χ0v) is 14.3. The van der Waals surface area contributed by atoms with E-state index in [0.717, 1.165) is 41.0 Å². The van der Waals surface area contributed by atoms with Gasteiger partial charge in [-0.2, -0.15) is 4.52 Å². The summed E-state index contributed by atoms with van der Waals surface area (Å²) in [5.74, 6) is 0.769. The molecule has 3 aromatic rings. The lowest BCUT2D eigenvalue weighted by Gasteiger charge is -2.08. The van der Waals surface area contributed by atoms with Crippen LogP contribution in [0.2, 0.25) is 0 Å². The number of hydrogen-bond donors (Lipinski definition) is 1. The lowest BCUT2D eigenvalue weighted by molar-refractivity contribution is 0.0929. The summed E-state index contributed by atoms with van der Waals surface area (Å²) in [5.41, 5.74) is 2.12. The number of amides is 1. The molecule has 1 aliphatic carbocycles. The fourth-order valence-electron chi connectivity index (χ4n) is 3.08. The average molecular weight is 329 g/mol. The van der Waals surface area contributed by atoms with Crippen molar-refractivity contribution < 1.29 is 4.79 Å². The maximum atomic E-state index is 12.3. The molecule has 0 bridgehead atoms. The highest BCUT2D eigenvalue weighted by atomic mass is 32.1. The van der Waals surface area contributed by atoms with Crippen LogP contribution >= 0.6 is 11.3 Å². The number of thiophene rings is 1. The first-order valence-electron chi connectivity index (χ1n) is 8.07. The number of aromatic nitrogens is 4. The van der Waals surface area contributed by atoms with E-state index in [4.69, 9.17) is 0 Å². The van der Waals surface area contributed by atoms with Crippen molar-refractivity contribution in [2.45, 2.75) is 52.5 Å². The first kappa shape index (κ1) is 14.6.